The van der Waals surface area contributed by atoms with Gasteiger partial charge in [-0.15, -0.1) is 0 Å². The molecule has 18 heavy (non-hydrogen) atoms. The molecule has 4 heteroatoms. The van der Waals surface area contributed by atoms with Crippen LogP contribution in [0.2, 0.25) is 0 Å². The molecule has 1 N–H and O–H groups in total. The van der Waals surface area contributed by atoms with Crippen LogP contribution in [0.4, 0.5) is 0 Å². The average Bonchev–Trinajstić information content (AvgIpc) is 2.80. The maximum Gasteiger partial charge on any atom is 0.122 e. The van der Waals surface area contributed by atoms with Gasteiger partial charge in [0, 0.05) is 30.0 Å². The number of nitrogens with one attached hydrogen (secondary N) is 1. The van der Waals surface area contributed by atoms with Crippen molar-refractivity contribution in [2.45, 2.75) is 33.0 Å². The molecule has 0 unspecified atom stereocenters. The van der Waals surface area contributed by atoms with Crippen LogP contribution in [-0.2, 0) is 19.6 Å². The zero-order valence-corrected chi connectivity index (χ0v) is 12.2. The lowest BCUT2D eigenvalue weighted by molar-refractivity contribution is 0.588. The predicted molar refractivity (Wildman–Crippen MR) is 77.2 cm³/mol. The number of benzene rings is 1. The summed E-state index contributed by atoms with van der Waals surface area (Å²) in [7, 11) is 0. The van der Waals surface area contributed by atoms with Gasteiger partial charge in [-0.2, -0.15) is 0 Å². The van der Waals surface area contributed by atoms with Crippen LogP contribution in [0.3, 0.4) is 0 Å². The van der Waals surface area contributed by atoms with Gasteiger partial charge in [-0.25, -0.2) is 4.98 Å². The van der Waals surface area contributed by atoms with E-state index in [-0.39, 0.29) is 0 Å². The number of nitrogens with zero attached hydrogens (tertiary/aromatic N) is 2. The van der Waals surface area contributed by atoms with Gasteiger partial charge in [0.25, 0.3) is 0 Å². The van der Waals surface area contributed by atoms with Gasteiger partial charge in [-0.05, 0) is 18.1 Å². The van der Waals surface area contributed by atoms with Crippen LogP contribution in [-0.4, -0.2) is 9.55 Å². The molecule has 0 aliphatic carbocycles. The normalized spacial score (nSPS) is 10.8. The van der Waals surface area contributed by atoms with E-state index in [0.717, 1.165) is 36.4 Å². The lowest BCUT2D eigenvalue weighted by atomic mass is 10.2. The number of aromatic nitrogens is 2. The van der Waals surface area contributed by atoms with E-state index in [1.54, 1.807) is 0 Å². The Kier molecular flexibility index (Phi) is 4.96. The Hall–Kier alpha value is -1.13. The molecule has 96 valence electrons. The summed E-state index contributed by atoms with van der Waals surface area (Å²) >= 11 is 3.55. The van der Waals surface area contributed by atoms with E-state index in [4.69, 9.17) is 0 Å². The maximum absolute atomic E-state index is 4.38. The molecule has 1 heterocycles. The van der Waals surface area contributed by atoms with Crippen molar-refractivity contribution in [1.29, 1.82) is 0 Å². The fourth-order valence-corrected chi connectivity index (χ4v) is 2.33. The summed E-state index contributed by atoms with van der Waals surface area (Å²) < 4.78 is 3.35. The Morgan fingerprint density at radius 2 is 2.11 bits per heavy atom. The third kappa shape index (κ3) is 3.43. The zero-order valence-electron chi connectivity index (χ0n) is 10.6. The third-order valence-electron chi connectivity index (χ3n) is 2.82. The van der Waals surface area contributed by atoms with Gasteiger partial charge in [0.2, 0.25) is 0 Å². The van der Waals surface area contributed by atoms with Gasteiger partial charge in [0.15, 0.2) is 0 Å². The molecule has 0 fully saturated rings. The molecule has 0 aliphatic rings. The molecule has 1 aromatic carbocycles. The van der Waals surface area contributed by atoms with Gasteiger partial charge in [0.05, 0.1) is 6.54 Å². The molecule has 0 saturated carbocycles. The smallest absolute Gasteiger partial charge is 0.122 e. The Bertz CT molecular complexity index is 493. The van der Waals surface area contributed by atoms with Crippen molar-refractivity contribution in [3.05, 3.63) is 52.5 Å². The van der Waals surface area contributed by atoms with Crippen molar-refractivity contribution < 1.29 is 0 Å². The molecular weight excluding hydrogens is 290 g/mol. The van der Waals surface area contributed by atoms with E-state index in [2.05, 4.69) is 55.9 Å². The predicted octanol–water partition coefficient (Wildman–Crippen LogP) is 3.35. The van der Waals surface area contributed by atoms with E-state index >= 15 is 0 Å². The van der Waals surface area contributed by atoms with E-state index in [0.29, 0.717) is 0 Å². The van der Waals surface area contributed by atoms with Gasteiger partial charge in [-0.3, -0.25) is 0 Å². The van der Waals surface area contributed by atoms with Gasteiger partial charge < -0.3 is 9.88 Å². The molecule has 0 amide bonds. The highest BCUT2D eigenvalue weighted by Gasteiger charge is 2.02. The average molecular weight is 308 g/mol. The van der Waals surface area contributed by atoms with E-state index < -0.39 is 0 Å². The first-order valence-electron chi connectivity index (χ1n) is 6.25. The maximum atomic E-state index is 4.38. The molecule has 0 atom stereocenters. The fourth-order valence-electron chi connectivity index (χ4n) is 1.90. The zero-order chi connectivity index (χ0) is 12.8. The monoisotopic (exact) mass is 307 g/mol. The lowest BCUT2D eigenvalue weighted by Crippen LogP contribution is -2.16. The Balaban J connectivity index is 1.88. The quantitative estimate of drug-likeness (QED) is 0.887. The first-order valence-corrected chi connectivity index (χ1v) is 7.04. The first kappa shape index (κ1) is 13.3. The standard InChI is InChI=1S/C14H18BrN3/c1-2-8-18-9-7-17-14(18)11-16-10-12-5-3-4-6-13(12)15/h3-7,9,16H,2,8,10-11H2,1H3. The lowest BCUT2D eigenvalue weighted by Gasteiger charge is -2.08. The minimum atomic E-state index is 0.800. The van der Waals surface area contributed by atoms with Crippen molar-refractivity contribution in [2.75, 3.05) is 0 Å². The molecule has 0 aliphatic heterocycles. The van der Waals surface area contributed by atoms with E-state index in [1.165, 1.54) is 5.56 Å². The van der Waals surface area contributed by atoms with Crippen molar-refractivity contribution in [1.82, 2.24) is 14.9 Å². The van der Waals surface area contributed by atoms with Crippen LogP contribution in [0, 0.1) is 0 Å². The number of rotatable bonds is 6. The topological polar surface area (TPSA) is 29.9 Å². The summed E-state index contributed by atoms with van der Waals surface area (Å²) in [6.45, 7) is 4.86. The highest BCUT2D eigenvalue weighted by atomic mass is 79.9. The highest BCUT2D eigenvalue weighted by molar-refractivity contribution is 9.10. The first-order chi connectivity index (χ1) is 8.81. The Labute approximate surface area is 116 Å². The van der Waals surface area contributed by atoms with Crippen LogP contribution in [0.15, 0.2) is 41.1 Å². The summed E-state index contributed by atoms with van der Waals surface area (Å²) in [6, 6.07) is 8.27. The number of halogens is 1. The van der Waals surface area contributed by atoms with Crippen molar-refractivity contribution in [3.8, 4) is 0 Å². The van der Waals surface area contributed by atoms with Crippen LogP contribution in [0.1, 0.15) is 24.7 Å². The molecule has 2 aromatic rings. The summed E-state index contributed by atoms with van der Waals surface area (Å²) in [5, 5.41) is 3.43. The molecular formula is C14H18BrN3. The summed E-state index contributed by atoms with van der Waals surface area (Å²) in [5.74, 6) is 1.10. The van der Waals surface area contributed by atoms with E-state index in [9.17, 15) is 0 Å². The molecule has 2 rings (SSSR count). The third-order valence-corrected chi connectivity index (χ3v) is 3.60. The largest absolute Gasteiger partial charge is 0.334 e. The Morgan fingerprint density at radius 3 is 2.89 bits per heavy atom. The molecule has 0 bridgehead atoms. The second kappa shape index (κ2) is 6.71. The van der Waals surface area contributed by atoms with E-state index in [1.807, 2.05) is 18.5 Å². The second-order valence-electron chi connectivity index (χ2n) is 4.23. The number of aryl methyl sites for hydroxylation is 1. The van der Waals surface area contributed by atoms with Gasteiger partial charge in [-0.1, -0.05) is 41.1 Å². The van der Waals surface area contributed by atoms with Crippen molar-refractivity contribution in [3.63, 3.8) is 0 Å². The summed E-state index contributed by atoms with van der Waals surface area (Å²) in [5.41, 5.74) is 1.27. The van der Waals surface area contributed by atoms with Crippen molar-refractivity contribution in [2.24, 2.45) is 0 Å². The number of imidazole rings is 1. The van der Waals surface area contributed by atoms with Crippen LogP contribution in [0.5, 0.6) is 0 Å². The second-order valence-corrected chi connectivity index (χ2v) is 5.09. The summed E-state index contributed by atoms with van der Waals surface area (Å²) in [6.07, 6.45) is 5.04. The SMILES string of the molecule is CCCn1ccnc1CNCc1ccccc1Br. The minimum absolute atomic E-state index is 0.800. The van der Waals surface area contributed by atoms with Crippen LogP contribution >= 0.6 is 15.9 Å². The van der Waals surface area contributed by atoms with Crippen molar-refractivity contribution >= 4 is 15.9 Å². The highest BCUT2D eigenvalue weighted by Crippen LogP contribution is 2.15. The number of hydrogen-bond acceptors (Lipinski definition) is 2. The van der Waals surface area contributed by atoms with Gasteiger partial charge >= 0.3 is 0 Å². The minimum Gasteiger partial charge on any atom is -0.334 e. The summed E-state index contributed by atoms with van der Waals surface area (Å²) in [4.78, 5) is 4.38. The van der Waals surface area contributed by atoms with Crippen LogP contribution in [0.25, 0.3) is 0 Å². The molecule has 0 spiro atoms. The molecule has 0 saturated heterocycles. The van der Waals surface area contributed by atoms with Crippen LogP contribution < -0.4 is 5.32 Å². The fraction of sp³-hybridized carbons (Fsp3) is 0.357. The Morgan fingerprint density at radius 1 is 1.28 bits per heavy atom. The molecule has 0 radical (unpaired) electrons. The van der Waals surface area contributed by atoms with Gasteiger partial charge in [0.1, 0.15) is 5.82 Å². The number of hydrogen-bond donors (Lipinski definition) is 1. The molecule has 1 aromatic heterocycles. The molecule has 3 nitrogen and oxygen atoms in total.